The fourth-order valence-electron chi connectivity index (χ4n) is 1.81. The minimum atomic E-state index is -0.0628. The molecule has 2 aromatic rings. The summed E-state index contributed by atoms with van der Waals surface area (Å²) in [4.78, 5) is 12.4. The average molecular weight is 269 g/mol. The fraction of sp³-hybridized carbons (Fsp3) is 0.125. The SMILES string of the molecule is O=C(Cc1ccccc1)NC(=S)Cc1ccccc1. The maximum Gasteiger partial charge on any atom is 0.229 e. The Morgan fingerprint density at radius 2 is 1.32 bits per heavy atom. The van der Waals surface area contributed by atoms with Crippen LogP contribution in [-0.4, -0.2) is 10.9 Å². The maximum absolute atomic E-state index is 11.8. The van der Waals surface area contributed by atoms with Crippen molar-refractivity contribution in [2.45, 2.75) is 12.8 Å². The molecule has 0 aliphatic carbocycles. The Kier molecular flexibility index (Phi) is 4.81. The zero-order valence-corrected chi connectivity index (χ0v) is 11.3. The van der Waals surface area contributed by atoms with E-state index in [9.17, 15) is 4.79 Å². The normalized spacial score (nSPS) is 9.89. The summed E-state index contributed by atoms with van der Waals surface area (Å²) in [6.07, 6.45) is 0.951. The smallest absolute Gasteiger partial charge is 0.229 e. The van der Waals surface area contributed by atoms with Crippen LogP contribution in [-0.2, 0) is 17.6 Å². The van der Waals surface area contributed by atoms with Crippen LogP contribution in [0, 0.1) is 0 Å². The Labute approximate surface area is 118 Å². The van der Waals surface area contributed by atoms with E-state index in [1.54, 1.807) is 0 Å². The molecule has 0 bridgehead atoms. The predicted octanol–water partition coefficient (Wildman–Crippen LogP) is 2.92. The van der Waals surface area contributed by atoms with Gasteiger partial charge in [0.1, 0.15) is 0 Å². The molecule has 2 nitrogen and oxygen atoms in total. The van der Waals surface area contributed by atoms with Crippen LogP contribution < -0.4 is 5.32 Å². The quantitative estimate of drug-likeness (QED) is 0.865. The lowest BCUT2D eigenvalue weighted by atomic mass is 10.1. The number of amides is 1. The third kappa shape index (κ3) is 4.64. The summed E-state index contributed by atoms with van der Waals surface area (Å²) >= 11 is 5.20. The van der Waals surface area contributed by atoms with Gasteiger partial charge in [-0.1, -0.05) is 72.9 Å². The zero-order valence-electron chi connectivity index (χ0n) is 10.5. The van der Waals surface area contributed by atoms with Gasteiger partial charge in [-0.2, -0.15) is 0 Å². The van der Waals surface area contributed by atoms with Gasteiger partial charge < -0.3 is 5.32 Å². The Balaban J connectivity index is 1.84. The molecule has 96 valence electrons. The molecule has 3 heteroatoms. The highest BCUT2D eigenvalue weighted by Crippen LogP contribution is 2.02. The Bertz CT molecular complexity index is 500. The number of benzene rings is 2. The van der Waals surface area contributed by atoms with Crippen LogP contribution >= 0.6 is 12.2 Å². The van der Waals surface area contributed by atoms with Gasteiger partial charge in [0.25, 0.3) is 0 Å². The Morgan fingerprint density at radius 3 is 1.84 bits per heavy atom. The van der Waals surface area contributed by atoms with Crippen molar-refractivity contribution in [3.8, 4) is 0 Å². The van der Waals surface area contributed by atoms with Crippen LogP contribution in [0.1, 0.15) is 11.1 Å². The van der Waals surface area contributed by atoms with Gasteiger partial charge in [0.05, 0.1) is 11.4 Å². The summed E-state index contributed by atoms with van der Waals surface area (Å²) in [6.45, 7) is 0. The molecule has 0 radical (unpaired) electrons. The number of rotatable bonds is 4. The Hall–Kier alpha value is -2.00. The molecule has 0 aromatic heterocycles. The van der Waals surface area contributed by atoms with Crippen molar-refractivity contribution < 1.29 is 4.79 Å². The third-order valence-electron chi connectivity index (χ3n) is 2.69. The van der Waals surface area contributed by atoms with E-state index in [-0.39, 0.29) is 5.91 Å². The molecule has 0 saturated heterocycles. The summed E-state index contributed by atoms with van der Waals surface area (Å²) in [7, 11) is 0. The number of hydrogen-bond donors (Lipinski definition) is 1. The summed E-state index contributed by atoms with van der Waals surface area (Å²) in [5.74, 6) is -0.0628. The first-order valence-electron chi connectivity index (χ1n) is 6.14. The number of carbonyl (C=O) groups is 1. The van der Waals surface area contributed by atoms with Crippen LogP contribution in [0.15, 0.2) is 60.7 Å². The first-order valence-corrected chi connectivity index (χ1v) is 6.55. The average Bonchev–Trinajstić information content (AvgIpc) is 2.40. The minimum absolute atomic E-state index is 0.0628. The van der Waals surface area contributed by atoms with Crippen molar-refractivity contribution in [2.75, 3.05) is 0 Å². The zero-order chi connectivity index (χ0) is 13.5. The first-order chi connectivity index (χ1) is 9.24. The van der Waals surface area contributed by atoms with Crippen molar-refractivity contribution in [2.24, 2.45) is 0 Å². The van der Waals surface area contributed by atoms with E-state index in [1.807, 2.05) is 60.7 Å². The lowest BCUT2D eigenvalue weighted by Gasteiger charge is -2.07. The summed E-state index contributed by atoms with van der Waals surface area (Å²) in [5.41, 5.74) is 2.09. The molecular formula is C16H15NOS. The van der Waals surface area contributed by atoms with Gasteiger partial charge in [0.15, 0.2) is 0 Å². The van der Waals surface area contributed by atoms with E-state index in [4.69, 9.17) is 12.2 Å². The van der Waals surface area contributed by atoms with Crippen molar-refractivity contribution >= 4 is 23.1 Å². The van der Waals surface area contributed by atoms with Gasteiger partial charge in [-0.25, -0.2) is 0 Å². The van der Waals surface area contributed by atoms with E-state index >= 15 is 0 Å². The van der Waals surface area contributed by atoms with Gasteiger partial charge in [-0.15, -0.1) is 0 Å². The molecule has 0 fully saturated rings. The predicted molar refractivity (Wildman–Crippen MR) is 81.0 cm³/mol. The van der Waals surface area contributed by atoms with Crippen molar-refractivity contribution in [1.29, 1.82) is 0 Å². The summed E-state index contributed by atoms with van der Waals surface area (Å²) < 4.78 is 0. The molecule has 1 N–H and O–H groups in total. The van der Waals surface area contributed by atoms with Gasteiger partial charge in [0, 0.05) is 6.42 Å². The van der Waals surface area contributed by atoms with Gasteiger partial charge in [-0.3, -0.25) is 4.79 Å². The fourth-order valence-corrected chi connectivity index (χ4v) is 2.09. The second-order valence-corrected chi connectivity index (χ2v) is 4.79. The van der Waals surface area contributed by atoms with Gasteiger partial charge in [-0.05, 0) is 11.1 Å². The van der Waals surface area contributed by atoms with Gasteiger partial charge >= 0.3 is 0 Å². The topological polar surface area (TPSA) is 29.1 Å². The van der Waals surface area contributed by atoms with Crippen LogP contribution in [0.25, 0.3) is 0 Å². The van der Waals surface area contributed by atoms with Crippen LogP contribution in [0.2, 0.25) is 0 Å². The van der Waals surface area contributed by atoms with Crippen LogP contribution in [0.3, 0.4) is 0 Å². The van der Waals surface area contributed by atoms with Crippen LogP contribution in [0.5, 0.6) is 0 Å². The molecule has 1 amide bonds. The molecule has 19 heavy (non-hydrogen) atoms. The number of thiocarbonyl (C=S) groups is 1. The van der Waals surface area contributed by atoms with Crippen LogP contribution in [0.4, 0.5) is 0 Å². The lowest BCUT2D eigenvalue weighted by Crippen LogP contribution is -2.31. The highest BCUT2D eigenvalue weighted by Gasteiger charge is 2.06. The summed E-state index contributed by atoms with van der Waals surface area (Å²) in [5, 5.41) is 2.77. The molecule has 0 heterocycles. The third-order valence-corrected chi connectivity index (χ3v) is 2.94. The second kappa shape index (κ2) is 6.81. The van der Waals surface area contributed by atoms with Crippen molar-refractivity contribution in [3.63, 3.8) is 0 Å². The monoisotopic (exact) mass is 269 g/mol. The van der Waals surface area contributed by atoms with Crippen molar-refractivity contribution in [3.05, 3.63) is 71.8 Å². The Morgan fingerprint density at radius 1 is 0.842 bits per heavy atom. The summed E-state index contributed by atoms with van der Waals surface area (Å²) in [6, 6.07) is 19.5. The molecule has 0 atom stereocenters. The van der Waals surface area contributed by atoms with E-state index in [2.05, 4.69) is 5.32 Å². The van der Waals surface area contributed by atoms with E-state index in [1.165, 1.54) is 0 Å². The largest absolute Gasteiger partial charge is 0.320 e. The lowest BCUT2D eigenvalue weighted by molar-refractivity contribution is -0.119. The highest BCUT2D eigenvalue weighted by atomic mass is 32.1. The molecule has 0 saturated carbocycles. The first kappa shape index (κ1) is 13.4. The maximum atomic E-state index is 11.8. The molecular weight excluding hydrogens is 254 g/mol. The van der Waals surface area contributed by atoms with Gasteiger partial charge in [0.2, 0.25) is 5.91 Å². The molecule has 2 rings (SSSR count). The van der Waals surface area contributed by atoms with E-state index in [0.717, 1.165) is 11.1 Å². The molecule has 0 unspecified atom stereocenters. The second-order valence-electron chi connectivity index (χ2n) is 4.30. The molecule has 0 aliphatic heterocycles. The number of hydrogen-bond acceptors (Lipinski definition) is 2. The molecule has 2 aromatic carbocycles. The van der Waals surface area contributed by atoms with E-state index in [0.29, 0.717) is 17.8 Å². The number of nitrogens with one attached hydrogen (secondary N) is 1. The standard InChI is InChI=1S/C16H15NOS/c18-15(11-13-7-3-1-4-8-13)17-16(19)12-14-9-5-2-6-10-14/h1-10H,11-12H2,(H,17,18,19). The van der Waals surface area contributed by atoms with Crippen molar-refractivity contribution in [1.82, 2.24) is 5.32 Å². The van der Waals surface area contributed by atoms with E-state index < -0.39 is 0 Å². The molecule has 0 aliphatic rings. The number of carbonyl (C=O) groups excluding carboxylic acids is 1. The molecule has 0 spiro atoms. The minimum Gasteiger partial charge on any atom is -0.320 e. The highest BCUT2D eigenvalue weighted by molar-refractivity contribution is 7.80.